The van der Waals surface area contributed by atoms with Crippen molar-refractivity contribution in [2.24, 2.45) is 0 Å². The summed E-state index contributed by atoms with van der Waals surface area (Å²) in [5, 5.41) is 2.76. The lowest BCUT2D eigenvalue weighted by Gasteiger charge is -2.26. The van der Waals surface area contributed by atoms with Gasteiger partial charge < -0.3 is 19.2 Å². The van der Waals surface area contributed by atoms with Crippen LogP contribution < -0.4 is 14.8 Å². The Hall–Kier alpha value is -3.39. The van der Waals surface area contributed by atoms with Crippen molar-refractivity contribution in [1.82, 2.24) is 15.2 Å². The number of oxazole rings is 1. The Kier molecular flexibility index (Phi) is 7.83. The molecular formula is C24H28FN3O4. The standard InChI is InChI=1S/C24H28FN3O4/c1-16(2)28(13-18-11-20(30-3)9-10-22(18)31-4)14-23-27-21(15-32-23)24(29)26-12-17-5-7-19(25)8-6-17/h5-11,15-16H,12-14H2,1-4H3,(H,26,29). The van der Waals surface area contributed by atoms with Gasteiger partial charge in [0.05, 0.1) is 20.8 Å². The number of rotatable bonds is 10. The molecule has 0 fully saturated rings. The number of ether oxygens (including phenoxy) is 2. The van der Waals surface area contributed by atoms with Crippen molar-refractivity contribution in [2.75, 3.05) is 14.2 Å². The van der Waals surface area contributed by atoms with Crippen LogP contribution in [0, 0.1) is 5.82 Å². The lowest BCUT2D eigenvalue weighted by molar-refractivity contribution is 0.0945. The molecule has 1 heterocycles. The summed E-state index contributed by atoms with van der Waals surface area (Å²) in [5.74, 6) is 1.29. The van der Waals surface area contributed by atoms with Gasteiger partial charge in [-0.15, -0.1) is 0 Å². The first-order valence-corrected chi connectivity index (χ1v) is 10.3. The van der Waals surface area contributed by atoms with Crippen LogP contribution in [0.2, 0.25) is 0 Å². The van der Waals surface area contributed by atoms with Crippen LogP contribution in [0.4, 0.5) is 4.39 Å². The van der Waals surface area contributed by atoms with E-state index in [2.05, 4.69) is 29.0 Å². The second kappa shape index (κ2) is 10.8. The van der Waals surface area contributed by atoms with Crippen molar-refractivity contribution in [3.63, 3.8) is 0 Å². The van der Waals surface area contributed by atoms with Gasteiger partial charge in [0.25, 0.3) is 5.91 Å². The van der Waals surface area contributed by atoms with Gasteiger partial charge in [-0.1, -0.05) is 12.1 Å². The third kappa shape index (κ3) is 6.07. The minimum absolute atomic E-state index is 0.188. The second-order valence-electron chi connectivity index (χ2n) is 7.61. The Bertz CT molecular complexity index is 1030. The maximum atomic E-state index is 13.0. The molecule has 0 atom stereocenters. The molecule has 1 N–H and O–H groups in total. The summed E-state index contributed by atoms with van der Waals surface area (Å²) in [4.78, 5) is 18.9. The average molecular weight is 442 g/mol. The molecule has 32 heavy (non-hydrogen) atoms. The smallest absolute Gasteiger partial charge is 0.273 e. The highest BCUT2D eigenvalue weighted by molar-refractivity contribution is 5.91. The number of nitrogens with zero attached hydrogens (tertiary/aromatic N) is 2. The molecule has 0 unspecified atom stereocenters. The number of carbonyl (C=O) groups is 1. The van der Waals surface area contributed by atoms with E-state index in [1.165, 1.54) is 18.4 Å². The van der Waals surface area contributed by atoms with E-state index in [1.807, 2.05) is 18.2 Å². The predicted octanol–water partition coefficient (Wildman–Crippen LogP) is 4.17. The summed E-state index contributed by atoms with van der Waals surface area (Å²) in [5.41, 5.74) is 1.97. The summed E-state index contributed by atoms with van der Waals surface area (Å²) in [6.45, 7) is 5.43. The van der Waals surface area contributed by atoms with E-state index in [0.717, 1.165) is 22.6 Å². The molecule has 0 saturated heterocycles. The normalized spacial score (nSPS) is 11.1. The number of hydrogen-bond acceptors (Lipinski definition) is 6. The van der Waals surface area contributed by atoms with Gasteiger partial charge in [-0.05, 0) is 49.7 Å². The molecule has 0 aliphatic rings. The molecule has 8 heteroatoms. The molecule has 0 saturated carbocycles. The largest absolute Gasteiger partial charge is 0.497 e. The maximum Gasteiger partial charge on any atom is 0.273 e. The van der Waals surface area contributed by atoms with Gasteiger partial charge in [0.1, 0.15) is 23.6 Å². The Labute approximate surface area is 187 Å². The summed E-state index contributed by atoms with van der Waals surface area (Å²) in [7, 11) is 3.26. The van der Waals surface area contributed by atoms with Gasteiger partial charge in [0, 0.05) is 24.7 Å². The number of aromatic nitrogens is 1. The van der Waals surface area contributed by atoms with E-state index in [9.17, 15) is 9.18 Å². The Morgan fingerprint density at radius 1 is 1.12 bits per heavy atom. The zero-order valence-electron chi connectivity index (χ0n) is 18.7. The van der Waals surface area contributed by atoms with Crippen molar-refractivity contribution in [3.05, 3.63) is 77.3 Å². The van der Waals surface area contributed by atoms with Gasteiger partial charge in [0.2, 0.25) is 5.89 Å². The lowest BCUT2D eigenvalue weighted by atomic mass is 10.1. The number of benzene rings is 2. The fourth-order valence-corrected chi connectivity index (χ4v) is 3.18. The molecule has 0 spiro atoms. The number of methoxy groups -OCH3 is 2. The minimum Gasteiger partial charge on any atom is -0.497 e. The maximum absolute atomic E-state index is 13.0. The highest BCUT2D eigenvalue weighted by Gasteiger charge is 2.19. The van der Waals surface area contributed by atoms with Gasteiger partial charge in [-0.25, -0.2) is 9.37 Å². The fraction of sp³-hybridized carbons (Fsp3) is 0.333. The number of halogens is 1. The van der Waals surface area contributed by atoms with Crippen LogP contribution in [0.3, 0.4) is 0 Å². The number of nitrogens with one attached hydrogen (secondary N) is 1. The van der Waals surface area contributed by atoms with E-state index < -0.39 is 0 Å². The van der Waals surface area contributed by atoms with Crippen LogP contribution in [-0.4, -0.2) is 36.1 Å². The van der Waals surface area contributed by atoms with E-state index >= 15 is 0 Å². The third-order valence-corrected chi connectivity index (χ3v) is 5.08. The Morgan fingerprint density at radius 2 is 1.88 bits per heavy atom. The number of carbonyl (C=O) groups excluding carboxylic acids is 1. The SMILES string of the molecule is COc1ccc(OC)c(CN(Cc2nc(C(=O)NCc3ccc(F)cc3)co2)C(C)C)c1. The fourth-order valence-electron chi connectivity index (χ4n) is 3.18. The summed E-state index contributed by atoms with van der Waals surface area (Å²) in [6, 6.07) is 11.8. The predicted molar refractivity (Wildman–Crippen MR) is 118 cm³/mol. The van der Waals surface area contributed by atoms with Gasteiger partial charge in [-0.2, -0.15) is 0 Å². The summed E-state index contributed by atoms with van der Waals surface area (Å²) in [6.07, 6.45) is 1.35. The second-order valence-corrected chi connectivity index (χ2v) is 7.61. The molecule has 1 aromatic heterocycles. The Balaban J connectivity index is 1.65. The van der Waals surface area contributed by atoms with Crippen LogP contribution >= 0.6 is 0 Å². The highest BCUT2D eigenvalue weighted by Crippen LogP contribution is 2.26. The molecule has 1 amide bonds. The quantitative estimate of drug-likeness (QED) is 0.509. The summed E-state index contributed by atoms with van der Waals surface area (Å²) < 4.78 is 29.4. The van der Waals surface area contributed by atoms with Crippen LogP contribution in [0.1, 0.15) is 41.4 Å². The lowest BCUT2D eigenvalue weighted by Crippen LogP contribution is -2.30. The molecule has 0 radical (unpaired) electrons. The topological polar surface area (TPSA) is 76.8 Å². The monoisotopic (exact) mass is 441 g/mol. The van der Waals surface area contributed by atoms with Crippen molar-refractivity contribution in [2.45, 2.75) is 39.5 Å². The first kappa shape index (κ1) is 23.3. The molecule has 3 rings (SSSR count). The number of amides is 1. The van der Waals surface area contributed by atoms with Gasteiger partial charge in [-0.3, -0.25) is 9.69 Å². The summed E-state index contributed by atoms with van der Waals surface area (Å²) >= 11 is 0. The Morgan fingerprint density at radius 3 is 2.53 bits per heavy atom. The van der Waals surface area contributed by atoms with E-state index in [1.54, 1.807) is 26.4 Å². The van der Waals surface area contributed by atoms with Gasteiger partial charge >= 0.3 is 0 Å². The first-order valence-electron chi connectivity index (χ1n) is 10.3. The van der Waals surface area contributed by atoms with Crippen molar-refractivity contribution < 1.29 is 23.1 Å². The zero-order chi connectivity index (χ0) is 23.1. The zero-order valence-corrected chi connectivity index (χ0v) is 18.7. The van der Waals surface area contributed by atoms with Crippen molar-refractivity contribution in [3.8, 4) is 11.5 Å². The van der Waals surface area contributed by atoms with Crippen LogP contribution in [0.15, 0.2) is 53.1 Å². The molecule has 0 bridgehead atoms. The van der Waals surface area contributed by atoms with E-state index in [-0.39, 0.29) is 30.0 Å². The first-order chi connectivity index (χ1) is 15.4. The molecule has 170 valence electrons. The molecular weight excluding hydrogens is 413 g/mol. The van der Waals surface area contributed by atoms with Crippen LogP contribution in [0.25, 0.3) is 0 Å². The minimum atomic E-state index is -0.352. The van der Waals surface area contributed by atoms with E-state index in [0.29, 0.717) is 19.0 Å². The average Bonchev–Trinajstić information content (AvgIpc) is 3.26. The van der Waals surface area contributed by atoms with Crippen molar-refractivity contribution in [1.29, 1.82) is 0 Å². The molecule has 2 aromatic carbocycles. The molecule has 7 nitrogen and oxygen atoms in total. The van der Waals surface area contributed by atoms with Crippen LogP contribution in [0.5, 0.6) is 11.5 Å². The molecule has 0 aliphatic carbocycles. The molecule has 0 aliphatic heterocycles. The van der Waals surface area contributed by atoms with Crippen LogP contribution in [-0.2, 0) is 19.6 Å². The van der Waals surface area contributed by atoms with Gasteiger partial charge in [0.15, 0.2) is 5.69 Å². The van der Waals surface area contributed by atoms with Crippen molar-refractivity contribution >= 4 is 5.91 Å². The van der Waals surface area contributed by atoms with E-state index in [4.69, 9.17) is 13.9 Å². The molecule has 3 aromatic rings. The number of hydrogen-bond donors (Lipinski definition) is 1. The highest BCUT2D eigenvalue weighted by atomic mass is 19.1. The third-order valence-electron chi connectivity index (χ3n) is 5.08.